The third kappa shape index (κ3) is 4.65. The maximum atomic E-state index is 12.1. The third-order valence-electron chi connectivity index (χ3n) is 2.65. The van der Waals surface area contributed by atoms with Gasteiger partial charge in [0.2, 0.25) is 10.0 Å². The average molecular weight is 309 g/mol. The average Bonchev–Trinajstić information content (AvgIpc) is 2.31. The highest BCUT2D eigenvalue weighted by molar-refractivity contribution is 7.89. The van der Waals surface area contributed by atoms with E-state index in [0.29, 0.717) is 29.3 Å². The van der Waals surface area contributed by atoms with Gasteiger partial charge in [0.15, 0.2) is 0 Å². The van der Waals surface area contributed by atoms with Gasteiger partial charge in [0.05, 0.1) is 12.0 Å². The second-order valence-corrected chi connectivity index (χ2v) is 5.82. The molecule has 0 unspecified atom stereocenters. The van der Waals surface area contributed by atoms with Crippen molar-refractivity contribution in [3.8, 4) is 5.75 Å². The number of benzene rings is 1. The molecule has 0 aliphatic carbocycles. The molecule has 0 amide bonds. The van der Waals surface area contributed by atoms with Crippen molar-refractivity contribution < 1.29 is 13.2 Å². The van der Waals surface area contributed by atoms with Gasteiger partial charge in [0, 0.05) is 13.1 Å². The monoisotopic (exact) mass is 308 g/mol. The van der Waals surface area contributed by atoms with Crippen LogP contribution in [0.5, 0.6) is 5.75 Å². The molecule has 1 aromatic carbocycles. The fourth-order valence-electron chi connectivity index (χ4n) is 1.66. The minimum absolute atomic E-state index is 0. The summed E-state index contributed by atoms with van der Waals surface area (Å²) in [4.78, 5) is 0.303. The largest absolute Gasteiger partial charge is 0.496 e. The molecule has 1 rings (SSSR count). The van der Waals surface area contributed by atoms with Gasteiger partial charge < -0.3 is 10.1 Å². The van der Waals surface area contributed by atoms with Crippen molar-refractivity contribution >= 4 is 22.4 Å². The summed E-state index contributed by atoms with van der Waals surface area (Å²) in [5.41, 5.74) is 1.48. The van der Waals surface area contributed by atoms with Crippen LogP contribution in [0.4, 0.5) is 0 Å². The molecular formula is C12H21ClN2O3S. The van der Waals surface area contributed by atoms with Crippen LogP contribution in [0.15, 0.2) is 17.0 Å². The maximum absolute atomic E-state index is 12.1. The Morgan fingerprint density at radius 1 is 1.16 bits per heavy atom. The fourth-order valence-corrected chi connectivity index (χ4v) is 3.00. The lowest BCUT2D eigenvalue weighted by atomic mass is 10.1. The molecule has 0 spiro atoms. The minimum atomic E-state index is -3.46. The lowest BCUT2D eigenvalue weighted by Gasteiger charge is -2.12. The number of rotatable bonds is 6. The Kier molecular flexibility index (Phi) is 7.36. The standard InChI is InChI=1S/C12H20N2O3S.ClH/c1-9-8-12(10(2)7-11(9)17-4)18(15,16)14-6-5-13-3;/h7-8,13-14H,5-6H2,1-4H3;1H. The normalized spacial score (nSPS) is 10.9. The molecule has 0 radical (unpaired) electrons. The molecule has 7 heteroatoms. The van der Waals surface area contributed by atoms with Crippen molar-refractivity contribution in [1.82, 2.24) is 10.0 Å². The van der Waals surface area contributed by atoms with Gasteiger partial charge in [0.1, 0.15) is 5.75 Å². The number of halogens is 1. The number of likely N-dealkylation sites (N-methyl/N-ethyl adjacent to an activating group) is 1. The van der Waals surface area contributed by atoms with E-state index in [4.69, 9.17) is 4.74 Å². The summed E-state index contributed by atoms with van der Waals surface area (Å²) in [6.07, 6.45) is 0. The summed E-state index contributed by atoms with van der Waals surface area (Å²) in [7, 11) is -0.111. The first kappa shape index (κ1) is 18.2. The molecule has 0 bridgehead atoms. The second-order valence-electron chi connectivity index (χ2n) is 4.09. The summed E-state index contributed by atoms with van der Waals surface area (Å²) >= 11 is 0. The van der Waals surface area contributed by atoms with Crippen LogP contribution >= 0.6 is 12.4 Å². The summed E-state index contributed by atoms with van der Waals surface area (Å²) in [5, 5.41) is 2.89. The first-order chi connectivity index (χ1) is 8.42. The molecule has 0 aliphatic heterocycles. The van der Waals surface area contributed by atoms with Gasteiger partial charge in [-0.3, -0.25) is 0 Å². The highest BCUT2D eigenvalue weighted by Gasteiger charge is 2.17. The van der Waals surface area contributed by atoms with E-state index in [9.17, 15) is 8.42 Å². The van der Waals surface area contributed by atoms with Gasteiger partial charge in [-0.25, -0.2) is 13.1 Å². The third-order valence-corrected chi connectivity index (χ3v) is 4.25. The Morgan fingerprint density at radius 3 is 2.32 bits per heavy atom. The van der Waals surface area contributed by atoms with E-state index in [0.717, 1.165) is 5.56 Å². The number of hydrogen-bond donors (Lipinski definition) is 2. The van der Waals surface area contributed by atoms with Crippen LogP contribution in [0.1, 0.15) is 11.1 Å². The quantitative estimate of drug-likeness (QED) is 0.776. The number of aryl methyl sites for hydroxylation is 2. The number of methoxy groups -OCH3 is 1. The number of sulfonamides is 1. The van der Waals surface area contributed by atoms with Crippen LogP contribution in [-0.2, 0) is 10.0 Å². The van der Waals surface area contributed by atoms with Crippen molar-refractivity contribution in [2.45, 2.75) is 18.7 Å². The predicted octanol–water partition coefficient (Wildman–Crippen LogP) is 1.23. The smallest absolute Gasteiger partial charge is 0.240 e. The molecule has 2 N–H and O–H groups in total. The van der Waals surface area contributed by atoms with Crippen molar-refractivity contribution in [1.29, 1.82) is 0 Å². The first-order valence-corrected chi connectivity index (χ1v) is 7.20. The first-order valence-electron chi connectivity index (χ1n) is 5.72. The molecule has 19 heavy (non-hydrogen) atoms. The van der Waals surface area contributed by atoms with Gasteiger partial charge in [-0.2, -0.15) is 0 Å². The summed E-state index contributed by atoms with van der Waals surface area (Å²) in [6, 6.07) is 3.37. The molecule has 0 saturated heterocycles. The molecule has 0 heterocycles. The predicted molar refractivity (Wildman–Crippen MR) is 78.8 cm³/mol. The van der Waals surface area contributed by atoms with Crippen molar-refractivity contribution in [2.75, 3.05) is 27.2 Å². The molecule has 1 aromatic rings. The summed E-state index contributed by atoms with van der Waals surface area (Å²) in [5.74, 6) is 0.696. The van der Waals surface area contributed by atoms with Crippen LogP contribution in [-0.4, -0.2) is 35.7 Å². The molecule has 0 fully saturated rings. The van der Waals surface area contributed by atoms with E-state index in [1.54, 1.807) is 33.2 Å². The second kappa shape index (κ2) is 7.69. The highest BCUT2D eigenvalue weighted by Crippen LogP contribution is 2.25. The fraction of sp³-hybridized carbons (Fsp3) is 0.500. The Labute approximate surface area is 121 Å². The molecule has 0 aromatic heterocycles. The molecule has 5 nitrogen and oxygen atoms in total. The van der Waals surface area contributed by atoms with E-state index >= 15 is 0 Å². The van der Waals surface area contributed by atoms with E-state index < -0.39 is 10.0 Å². The zero-order valence-corrected chi connectivity index (χ0v) is 13.2. The topological polar surface area (TPSA) is 67.4 Å². The number of hydrogen-bond acceptors (Lipinski definition) is 4. The van der Waals surface area contributed by atoms with Gasteiger partial charge in [-0.05, 0) is 44.2 Å². The SMILES string of the molecule is CNCCNS(=O)(=O)c1cc(C)c(OC)cc1C.Cl. The zero-order chi connectivity index (χ0) is 13.8. The lowest BCUT2D eigenvalue weighted by Crippen LogP contribution is -2.31. The maximum Gasteiger partial charge on any atom is 0.240 e. The van der Waals surface area contributed by atoms with E-state index in [2.05, 4.69) is 10.0 Å². The minimum Gasteiger partial charge on any atom is -0.496 e. The molecule has 0 atom stereocenters. The summed E-state index contributed by atoms with van der Waals surface area (Å²) in [6.45, 7) is 4.54. The van der Waals surface area contributed by atoms with Crippen LogP contribution in [0, 0.1) is 13.8 Å². The molecule has 0 aliphatic rings. The Hall–Kier alpha value is -0.820. The highest BCUT2D eigenvalue weighted by atomic mass is 35.5. The summed E-state index contributed by atoms with van der Waals surface area (Å²) < 4.78 is 31.9. The van der Waals surface area contributed by atoms with Crippen molar-refractivity contribution in [3.05, 3.63) is 23.3 Å². The van der Waals surface area contributed by atoms with Crippen LogP contribution < -0.4 is 14.8 Å². The van der Waals surface area contributed by atoms with Gasteiger partial charge in [0.25, 0.3) is 0 Å². The van der Waals surface area contributed by atoms with Gasteiger partial charge in [-0.1, -0.05) is 0 Å². The van der Waals surface area contributed by atoms with Crippen molar-refractivity contribution in [3.63, 3.8) is 0 Å². The van der Waals surface area contributed by atoms with Crippen molar-refractivity contribution in [2.24, 2.45) is 0 Å². The Balaban J connectivity index is 0.00000324. The molecule has 110 valence electrons. The van der Waals surface area contributed by atoms with Crippen LogP contribution in [0.3, 0.4) is 0 Å². The van der Waals surface area contributed by atoms with Crippen LogP contribution in [0.25, 0.3) is 0 Å². The van der Waals surface area contributed by atoms with Crippen LogP contribution in [0.2, 0.25) is 0 Å². The van der Waals surface area contributed by atoms with E-state index in [-0.39, 0.29) is 12.4 Å². The number of ether oxygens (including phenoxy) is 1. The Bertz CT molecular complexity index is 518. The molecule has 0 saturated carbocycles. The lowest BCUT2D eigenvalue weighted by molar-refractivity contribution is 0.411. The molecular weight excluding hydrogens is 288 g/mol. The van der Waals surface area contributed by atoms with Gasteiger partial charge in [-0.15, -0.1) is 12.4 Å². The van der Waals surface area contributed by atoms with E-state index in [1.807, 2.05) is 6.92 Å². The van der Waals surface area contributed by atoms with E-state index in [1.165, 1.54) is 0 Å². The van der Waals surface area contributed by atoms with Gasteiger partial charge >= 0.3 is 0 Å². The zero-order valence-electron chi connectivity index (χ0n) is 11.6. The Morgan fingerprint density at radius 2 is 1.79 bits per heavy atom. The number of nitrogens with one attached hydrogen (secondary N) is 2.